The first-order valence-corrected chi connectivity index (χ1v) is 7.36. The maximum Gasteiger partial charge on any atom is 0.410 e. The fourth-order valence-corrected chi connectivity index (χ4v) is 2.43. The van der Waals surface area contributed by atoms with Crippen molar-refractivity contribution < 1.29 is 23.5 Å². The van der Waals surface area contributed by atoms with Crippen LogP contribution in [0.25, 0.3) is 0 Å². The molecule has 1 aliphatic heterocycles. The molecule has 1 aromatic rings. The minimum atomic E-state index is -1.24. The molecule has 120 valence electrons. The van der Waals surface area contributed by atoms with Crippen LogP contribution in [0, 0.1) is 5.92 Å². The molecule has 2 rings (SSSR count). The van der Waals surface area contributed by atoms with Crippen LogP contribution in [0.4, 0.5) is 9.18 Å². The Balaban J connectivity index is 1.89. The van der Waals surface area contributed by atoms with Gasteiger partial charge in [-0.05, 0) is 18.9 Å². The van der Waals surface area contributed by atoms with Crippen molar-refractivity contribution in [1.29, 1.82) is 0 Å². The van der Waals surface area contributed by atoms with Crippen LogP contribution < -0.4 is 0 Å². The van der Waals surface area contributed by atoms with Gasteiger partial charge in [-0.2, -0.15) is 0 Å². The standard InChI is InChI=1S/C16H20FNO4/c1-2-21-15(19)13-8-14(17)10-18(9-13)16(20)22-11-12-6-4-3-5-7-12/h3-7,13-14H,2,8-11H2,1H3/t13-,14-/m0/s1. The molecule has 1 heterocycles. The number of halogens is 1. The molecule has 0 aromatic heterocycles. The number of carbonyl (C=O) groups excluding carboxylic acids is 2. The maximum atomic E-state index is 13.8. The molecule has 2 atom stereocenters. The molecule has 0 spiro atoms. The molecule has 0 bridgehead atoms. The van der Waals surface area contributed by atoms with Gasteiger partial charge in [0.2, 0.25) is 0 Å². The van der Waals surface area contributed by atoms with Crippen molar-refractivity contribution in [3.05, 3.63) is 35.9 Å². The zero-order valence-electron chi connectivity index (χ0n) is 12.5. The molecule has 0 N–H and O–H groups in total. The fraction of sp³-hybridized carbons (Fsp3) is 0.500. The molecule has 22 heavy (non-hydrogen) atoms. The van der Waals surface area contributed by atoms with Gasteiger partial charge in [0.15, 0.2) is 0 Å². The van der Waals surface area contributed by atoms with E-state index in [-0.39, 0.29) is 32.7 Å². The van der Waals surface area contributed by atoms with Crippen molar-refractivity contribution in [1.82, 2.24) is 4.90 Å². The van der Waals surface area contributed by atoms with Gasteiger partial charge in [0.1, 0.15) is 12.8 Å². The summed E-state index contributed by atoms with van der Waals surface area (Å²) in [5.74, 6) is -1.10. The predicted molar refractivity (Wildman–Crippen MR) is 77.8 cm³/mol. The van der Waals surface area contributed by atoms with Crippen molar-refractivity contribution in [2.75, 3.05) is 19.7 Å². The van der Waals surface area contributed by atoms with E-state index in [1.165, 1.54) is 4.90 Å². The number of rotatable bonds is 4. The Morgan fingerprint density at radius 1 is 1.23 bits per heavy atom. The topological polar surface area (TPSA) is 55.8 Å². The molecule has 6 heteroatoms. The van der Waals surface area contributed by atoms with Crippen molar-refractivity contribution in [2.45, 2.75) is 26.1 Å². The van der Waals surface area contributed by atoms with E-state index in [2.05, 4.69) is 0 Å². The van der Waals surface area contributed by atoms with Gasteiger partial charge in [0, 0.05) is 6.54 Å². The zero-order valence-corrected chi connectivity index (χ0v) is 12.5. The molecule has 0 saturated carbocycles. The van der Waals surface area contributed by atoms with E-state index in [1.807, 2.05) is 30.3 Å². The van der Waals surface area contributed by atoms with Crippen molar-refractivity contribution in [3.63, 3.8) is 0 Å². The third-order valence-corrected chi connectivity index (χ3v) is 3.48. The van der Waals surface area contributed by atoms with E-state index in [0.29, 0.717) is 0 Å². The van der Waals surface area contributed by atoms with Gasteiger partial charge in [-0.25, -0.2) is 9.18 Å². The van der Waals surface area contributed by atoms with Gasteiger partial charge in [-0.1, -0.05) is 30.3 Å². The molecular weight excluding hydrogens is 289 g/mol. The summed E-state index contributed by atoms with van der Waals surface area (Å²) in [6.45, 7) is 2.14. The first kappa shape index (κ1) is 16.3. The number of likely N-dealkylation sites (tertiary alicyclic amines) is 1. The van der Waals surface area contributed by atoms with E-state index in [1.54, 1.807) is 6.92 Å². The number of alkyl halides is 1. The second-order valence-electron chi connectivity index (χ2n) is 5.23. The van der Waals surface area contributed by atoms with Gasteiger partial charge < -0.3 is 14.4 Å². The summed E-state index contributed by atoms with van der Waals surface area (Å²) < 4.78 is 23.8. The Labute approximate surface area is 129 Å². The fourth-order valence-electron chi connectivity index (χ4n) is 2.43. The Morgan fingerprint density at radius 2 is 1.95 bits per heavy atom. The first-order valence-electron chi connectivity index (χ1n) is 7.36. The molecule has 1 aromatic carbocycles. The Bertz CT molecular complexity index is 508. The summed E-state index contributed by atoms with van der Waals surface area (Å²) in [5.41, 5.74) is 0.853. The Morgan fingerprint density at radius 3 is 2.64 bits per heavy atom. The number of esters is 1. The van der Waals surface area contributed by atoms with Gasteiger partial charge in [0.05, 0.1) is 19.1 Å². The quantitative estimate of drug-likeness (QED) is 0.802. The molecule has 1 aliphatic rings. The van der Waals surface area contributed by atoms with Crippen LogP contribution in [-0.4, -0.2) is 42.8 Å². The number of hydrogen-bond donors (Lipinski definition) is 0. The number of amides is 1. The van der Waals surface area contributed by atoms with Crippen molar-refractivity contribution in [3.8, 4) is 0 Å². The molecule has 5 nitrogen and oxygen atoms in total. The highest BCUT2D eigenvalue weighted by Gasteiger charge is 2.35. The summed E-state index contributed by atoms with van der Waals surface area (Å²) >= 11 is 0. The lowest BCUT2D eigenvalue weighted by Crippen LogP contribution is -2.47. The summed E-state index contributed by atoms with van der Waals surface area (Å²) in [6.07, 6.45) is -1.77. The van der Waals surface area contributed by atoms with E-state index >= 15 is 0 Å². The minimum absolute atomic E-state index is 0.0521. The molecule has 0 aliphatic carbocycles. The zero-order chi connectivity index (χ0) is 15.9. The normalized spacial score (nSPS) is 21.3. The van der Waals surface area contributed by atoms with Crippen LogP contribution in [0.5, 0.6) is 0 Å². The lowest BCUT2D eigenvalue weighted by molar-refractivity contribution is -0.150. The van der Waals surface area contributed by atoms with Crippen LogP contribution in [0.2, 0.25) is 0 Å². The van der Waals surface area contributed by atoms with Crippen LogP contribution in [0.1, 0.15) is 18.9 Å². The van der Waals surface area contributed by atoms with E-state index in [0.717, 1.165) is 5.56 Å². The third kappa shape index (κ3) is 4.44. The summed E-state index contributed by atoms with van der Waals surface area (Å²) in [4.78, 5) is 25.0. The maximum absolute atomic E-state index is 13.8. The summed E-state index contributed by atoms with van der Waals surface area (Å²) in [5, 5.41) is 0. The van der Waals surface area contributed by atoms with E-state index in [9.17, 15) is 14.0 Å². The molecule has 1 fully saturated rings. The Kier molecular flexibility index (Phi) is 5.75. The highest BCUT2D eigenvalue weighted by atomic mass is 19.1. The predicted octanol–water partition coefficient (Wildman–Crippen LogP) is 2.55. The van der Waals surface area contributed by atoms with Crippen molar-refractivity contribution >= 4 is 12.1 Å². The number of piperidine rings is 1. The number of hydrogen-bond acceptors (Lipinski definition) is 4. The average Bonchev–Trinajstić information content (AvgIpc) is 2.53. The molecule has 1 saturated heterocycles. The molecule has 1 amide bonds. The van der Waals surface area contributed by atoms with Crippen LogP contribution >= 0.6 is 0 Å². The summed E-state index contributed by atoms with van der Waals surface area (Å²) in [6, 6.07) is 9.23. The second-order valence-corrected chi connectivity index (χ2v) is 5.23. The minimum Gasteiger partial charge on any atom is -0.466 e. The van der Waals surface area contributed by atoms with E-state index < -0.39 is 24.2 Å². The first-order chi connectivity index (χ1) is 10.6. The third-order valence-electron chi connectivity index (χ3n) is 3.48. The van der Waals surface area contributed by atoms with Crippen LogP contribution in [-0.2, 0) is 20.9 Å². The van der Waals surface area contributed by atoms with E-state index in [4.69, 9.17) is 9.47 Å². The van der Waals surface area contributed by atoms with Gasteiger partial charge in [-0.3, -0.25) is 4.79 Å². The Hall–Kier alpha value is -2.11. The molecule has 0 unspecified atom stereocenters. The number of benzene rings is 1. The largest absolute Gasteiger partial charge is 0.466 e. The highest BCUT2D eigenvalue weighted by molar-refractivity contribution is 5.75. The van der Waals surface area contributed by atoms with Gasteiger partial charge in [0.25, 0.3) is 0 Å². The van der Waals surface area contributed by atoms with Crippen LogP contribution in [0.3, 0.4) is 0 Å². The SMILES string of the molecule is CCOC(=O)[C@H]1C[C@H](F)CN(C(=O)OCc2ccccc2)C1. The molecule has 0 radical (unpaired) electrons. The average molecular weight is 309 g/mol. The second kappa shape index (κ2) is 7.77. The van der Waals surface area contributed by atoms with Gasteiger partial charge in [-0.15, -0.1) is 0 Å². The number of nitrogens with zero attached hydrogens (tertiary/aromatic N) is 1. The lowest BCUT2D eigenvalue weighted by atomic mass is 9.97. The van der Waals surface area contributed by atoms with Crippen molar-refractivity contribution in [2.24, 2.45) is 5.92 Å². The lowest BCUT2D eigenvalue weighted by Gasteiger charge is -2.32. The number of ether oxygens (including phenoxy) is 2. The molecular formula is C16H20FNO4. The van der Waals surface area contributed by atoms with Crippen LogP contribution in [0.15, 0.2) is 30.3 Å². The van der Waals surface area contributed by atoms with Gasteiger partial charge >= 0.3 is 12.1 Å². The summed E-state index contributed by atoms with van der Waals surface area (Å²) in [7, 11) is 0. The monoisotopic (exact) mass is 309 g/mol. The highest BCUT2D eigenvalue weighted by Crippen LogP contribution is 2.21. The smallest absolute Gasteiger partial charge is 0.410 e. The number of carbonyl (C=O) groups is 2.